The van der Waals surface area contributed by atoms with Crippen LogP contribution in [0.1, 0.15) is 96.8 Å². The van der Waals surface area contributed by atoms with Gasteiger partial charge in [0.2, 0.25) is 0 Å². The summed E-state index contributed by atoms with van der Waals surface area (Å²) in [6.07, 6.45) is 14.3. The predicted molar refractivity (Wildman–Crippen MR) is 171 cm³/mol. The molecule has 0 bridgehead atoms. The highest BCUT2D eigenvalue weighted by Gasteiger charge is 2.40. The van der Waals surface area contributed by atoms with Crippen molar-refractivity contribution in [1.29, 1.82) is 0 Å². The largest absolute Gasteiger partial charge is 0.352 e. The predicted octanol–water partition coefficient (Wildman–Crippen LogP) is 7.12. The molecule has 3 fully saturated rings. The number of fused-ring (bicyclic) bond motifs is 1. The quantitative estimate of drug-likeness (QED) is 0.256. The standard InChI is InChI=1S/C35H47N3O2S/c1-25-14-15-26(2)29(22-25)24-38-31-12-7-8-13-32(31)41-33(35(38)40)23-27-16-18-28(19-17-27)34(39)36-20-9-21-37(3)30-10-5-4-6-11-30/h14-19,22-23,30-32H,4-13,20-21,24H2,1-3H3,(H,36,39)/b33-23-. The number of nitrogens with one attached hydrogen (secondary N) is 1. The number of thioether (sulfide) groups is 1. The van der Waals surface area contributed by atoms with Crippen LogP contribution in [0.5, 0.6) is 0 Å². The second-order valence-electron chi connectivity index (χ2n) is 12.4. The van der Waals surface area contributed by atoms with Gasteiger partial charge in [-0.15, -0.1) is 11.8 Å². The first-order chi connectivity index (χ1) is 19.9. The lowest BCUT2D eigenvalue weighted by Crippen LogP contribution is -2.50. The molecule has 2 amide bonds. The Morgan fingerprint density at radius 2 is 1.73 bits per heavy atom. The summed E-state index contributed by atoms with van der Waals surface area (Å²) in [5, 5.41) is 3.53. The van der Waals surface area contributed by atoms with E-state index >= 15 is 0 Å². The average Bonchev–Trinajstić information content (AvgIpc) is 2.99. The van der Waals surface area contributed by atoms with Crippen LogP contribution in [0.3, 0.4) is 0 Å². The zero-order valence-electron chi connectivity index (χ0n) is 25.2. The number of amides is 2. The van der Waals surface area contributed by atoms with E-state index in [2.05, 4.69) is 54.2 Å². The molecule has 1 aliphatic heterocycles. The molecule has 1 saturated heterocycles. The van der Waals surface area contributed by atoms with Crippen molar-refractivity contribution in [2.24, 2.45) is 0 Å². The molecule has 2 unspecified atom stereocenters. The van der Waals surface area contributed by atoms with Gasteiger partial charge in [0.15, 0.2) is 0 Å². The fourth-order valence-corrected chi connectivity index (χ4v) is 8.21. The van der Waals surface area contributed by atoms with Crippen LogP contribution in [0.2, 0.25) is 0 Å². The minimum atomic E-state index is -0.0302. The van der Waals surface area contributed by atoms with Gasteiger partial charge in [-0.25, -0.2) is 0 Å². The van der Waals surface area contributed by atoms with Gasteiger partial charge in [0.25, 0.3) is 11.8 Å². The molecule has 1 heterocycles. The van der Waals surface area contributed by atoms with Crippen molar-refractivity contribution < 1.29 is 9.59 Å². The number of carbonyl (C=O) groups is 2. The third kappa shape index (κ3) is 7.64. The van der Waals surface area contributed by atoms with Gasteiger partial charge in [0.1, 0.15) is 0 Å². The second-order valence-corrected chi connectivity index (χ2v) is 13.7. The smallest absolute Gasteiger partial charge is 0.260 e. The number of benzene rings is 2. The van der Waals surface area contributed by atoms with Crippen LogP contribution >= 0.6 is 11.8 Å². The van der Waals surface area contributed by atoms with Gasteiger partial charge in [-0.2, -0.15) is 0 Å². The first-order valence-corrected chi connectivity index (χ1v) is 16.6. The van der Waals surface area contributed by atoms with Gasteiger partial charge in [-0.3, -0.25) is 9.59 Å². The molecule has 1 N–H and O–H groups in total. The van der Waals surface area contributed by atoms with E-state index in [1.165, 1.54) is 61.6 Å². The number of carbonyl (C=O) groups excluding carboxylic acids is 2. The zero-order valence-corrected chi connectivity index (χ0v) is 26.0. The summed E-state index contributed by atoms with van der Waals surface area (Å²) in [4.78, 5) is 32.0. The third-order valence-electron chi connectivity index (χ3n) is 9.31. The SMILES string of the molecule is Cc1ccc(C)c(CN2C(=O)/C(=C/c3ccc(C(=O)NCCCN(C)C4CCCCC4)cc3)SC3CCCCC32)c1. The fraction of sp³-hybridized carbons (Fsp3) is 0.543. The van der Waals surface area contributed by atoms with Crippen molar-refractivity contribution in [1.82, 2.24) is 15.1 Å². The highest BCUT2D eigenvalue weighted by Crippen LogP contribution is 2.43. The Morgan fingerprint density at radius 1 is 1.00 bits per heavy atom. The molecular weight excluding hydrogens is 526 g/mol. The van der Waals surface area contributed by atoms with Crippen LogP contribution in [0, 0.1) is 13.8 Å². The topological polar surface area (TPSA) is 52.7 Å². The Bertz CT molecular complexity index is 1230. The number of hydrogen-bond donors (Lipinski definition) is 1. The lowest BCUT2D eigenvalue weighted by Gasteiger charge is -2.44. The molecule has 0 spiro atoms. The average molecular weight is 574 g/mol. The first kappa shape index (κ1) is 29.9. The Morgan fingerprint density at radius 3 is 2.51 bits per heavy atom. The highest BCUT2D eigenvalue weighted by atomic mass is 32.2. The van der Waals surface area contributed by atoms with E-state index in [0.717, 1.165) is 36.3 Å². The third-order valence-corrected chi connectivity index (χ3v) is 10.7. The van der Waals surface area contributed by atoms with Gasteiger partial charge < -0.3 is 15.1 Å². The minimum Gasteiger partial charge on any atom is -0.352 e. The van der Waals surface area contributed by atoms with Crippen molar-refractivity contribution in [2.75, 3.05) is 20.1 Å². The van der Waals surface area contributed by atoms with Crippen LogP contribution < -0.4 is 5.32 Å². The normalized spacial score (nSPS) is 22.7. The minimum absolute atomic E-state index is 0.0302. The maximum atomic E-state index is 13.8. The summed E-state index contributed by atoms with van der Waals surface area (Å²) >= 11 is 1.76. The molecule has 2 aromatic rings. The lowest BCUT2D eigenvalue weighted by molar-refractivity contribution is -0.130. The molecular formula is C35H47N3O2S. The van der Waals surface area contributed by atoms with Crippen LogP contribution in [-0.2, 0) is 11.3 Å². The summed E-state index contributed by atoms with van der Waals surface area (Å²) in [7, 11) is 2.22. The molecule has 5 rings (SSSR count). The van der Waals surface area contributed by atoms with Gasteiger partial charge in [-0.1, -0.05) is 68.0 Å². The monoisotopic (exact) mass is 573 g/mol. The van der Waals surface area contributed by atoms with Crippen molar-refractivity contribution in [3.05, 3.63) is 75.2 Å². The molecule has 2 saturated carbocycles. The number of rotatable bonds is 9. The summed E-state index contributed by atoms with van der Waals surface area (Å²) in [6, 6.07) is 15.2. The zero-order chi connectivity index (χ0) is 28.8. The van der Waals surface area contributed by atoms with Gasteiger partial charge in [0, 0.05) is 36.0 Å². The van der Waals surface area contributed by atoms with Crippen molar-refractivity contribution in [3.8, 4) is 0 Å². The first-order valence-electron chi connectivity index (χ1n) is 15.7. The molecule has 0 radical (unpaired) electrons. The Balaban J connectivity index is 1.20. The summed E-state index contributed by atoms with van der Waals surface area (Å²) in [6.45, 7) is 6.63. The van der Waals surface area contributed by atoms with Crippen molar-refractivity contribution in [2.45, 2.75) is 102 Å². The second kappa shape index (κ2) is 14.1. The number of hydrogen-bond acceptors (Lipinski definition) is 4. The molecule has 2 atom stereocenters. The maximum Gasteiger partial charge on any atom is 0.260 e. The Hall–Kier alpha value is -2.57. The summed E-state index contributed by atoms with van der Waals surface area (Å²) < 4.78 is 0. The lowest BCUT2D eigenvalue weighted by atomic mass is 9.92. The molecule has 220 valence electrons. The summed E-state index contributed by atoms with van der Waals surface area (Å²) in [5.74, 6) is 0.108. The number of nitrogens with zero attached hydrogens (tertiary/aromatic N) is 2. The highest BCUT2D eigenvalue weighted by molar-refractivity contribution is 8.04. The molecule has 5 nitrogen and oxygen atoms in total. The van der Waals surface area contributed by atoms with Gasteiger partial charge >= 0.3 is 0 Å². The Kier molecular flexibility index (Phi) is 10.3. The molecule has 6 heteroatoms. The molecule has 3 aliphatic rings. The van der Waals surface area contributed by atoms with E-state index < -0.39 is 0 Å². The van der Waals surface area contributed by atoms with E-state index in [9.17, 15) is 9.59 Å². The summed E-state index contributed by atoms with van der Waals surface area (Å²) in [5.41, 5.74) is 5.35. The number of aryl methyl sites for hydroxylation is 2. The van der Waals surface area contributed by atoms with Crippen LogP contribution in [0.25, 0.3) is 6.08 Å². The molecule has 41 heavy (non-hydrogen) atoms. The fourth-order valence-electron chi connectivity index (χ4n) is 6.73. The van der Waals surface area contributed by atoms with E-state index in [-0.39, 0.29) is 11.8 Å². The van der Waals surface area contributed by atoms with Crippen LogP contribution in [-0.4, -0.2) is 59.1 Å². The van der Waals surface area contributed by atoms with Crippen LogP contribution in [0.4, 0.5) is 0 Å². The van der Waals surface area contributed by atoms with Crippen LogP contribution in [0.15, 0.2) is 47.4 Å². The Labute approximate surface area is 251 Å². The van der Waals surface area contributed by atoms with E-state index in [4.69, 9.17) is 0 Å². The van der Waals surface area contributed by atoms with E-state index in [1.807, 2.05) is 30.3 Å². The van der Waals surface area contributed by atoms with Crippen molar-refractivity contribution >= 4 is 29.7 Å². The molecule has 2 aromatic carbocycles. The van der Waals surface area contributed by atoms with E-state index in [0.29, 0.717) is 36.0 Å². The van der Waals surface area contributed by atoms with Crippen molar-refractivity contribution in [3.63, 3.8) is 0 Å². The molecule has 2 aliphatic carbocycles. The van der Waals surface area contributed by atoms with E-state index in [1.54, 1.807) is 11.8 Å². The van der Waals surface area contributed by atoms with Gasteiger partial charge in [-0.05, 0) is 94.4 Å². The maximum absolute atomic E-state index is 13.8. The van der Waals surface area contributed by atoms with Gasteiger partial charge in [0.05, 0.1) is 4.91 Å². The molecule has 0 aromatic heterocycles.